The minimum absolute atomic E-state index is 0.408. The Morgan fingerprint density at radius 3 is 2.52 bits per heavy atom. The molecule has 0 bridgehead atoms. The zero-order valence-electron chi connectivity index (χ0n) is 20.2. The molecule has 1 atom stereocenters. The number of halogens is 1. The predicted octanol–water partition coefficient (Wildman–Crippen LogP) is 8.73. The number of nitriles is 1. The Balaban J connectivity index is 1.54. The largest absolute Gasteiger partial charge is 0.256 e. The molecule has 1 fully saturated rings. The predicted molar refractivity (Wildman–Crippen MR) is 136 cm³/mol. The van der Waals surface area contributed by atoms with Crippen LogP contribution in [0.2, 0.25) is 0 Å². The molecule has 1 aliphatic rings. The number of hydrogen-bond acceptors (Lipinski definition) is 2. The standard InChI is InChI=1S/C30H39FN2/c1-3-5-7-8-9-24-11-16-29(33-22-24)27-14-12-25(13-15-27)26-17-19-30(23-32,20-18-26)21-28(31)10-6-4-2/h3,11-16,22,26,28H,1,4-10,17-21H2,2H3/t26?,28-,30?/m0/s1. The Morgan fingerprint density at radius 1 is 1.15 bits per heavy atom. The van der Waals surface area contributed by atoms with Gasteiger partial charge in [-0.2, -0.15) is 5.26 Å². The van der Waals surface area contributed by atoms with Gasteiger partial charge in [0.15, 0.2) is 0 Å². The van der Waals surface area contributed by atoms with Gasteiger partial charge in [-0.3, -0.25) is 4.98 Å². The summed E-state index contributed by atoms with van der Waals surface area (Å²) in [5.41, 5.74) is 4.28. The van der Waals surface area contributed by atoms with Crippen molar-refractivity contribution in [2.45, 2.75) is 96.1 Å². The van der Waals surface area contributed by atoms with Crippen molar-refractivity contribution in [3.63, 3.8) is 0 Å². The van der Waals surface area contributed by atoms with Gasteiger partial charge >= 0.3 is 0 Å². The normalized spacial score (nSPS) is 21.3. The zero-order chi connectivity index (χ0) is 23.5. The van der Waals surface area contributed by atoms with E-state index in [2.05, 4.69) is 61.0 Å². The summed E-state index contributed by atoms with van der Waals surface area (Å²) in [6.45, 7) is 5.86. The summed E-state index contributed by atoms with van der Waals surface area (Å²) in [6, 6.07) is 15.5. The molecule has 1 aliphatic carbocycles. The van der Waals surface area contributed by atoms with E-state index in [9.17, 15) is 9.65 Å². The third kappa shape index (κ3) is 7.26. The molecular formula is C30H39FN2. The van der Waals surface area contributed by atoms with E-state index in [1.54, 1.807) is 0 Å². The molecule has 0 unspecified atom stereocenters. The van der Waals surface area contributed by atoms with Crippen LogP contribution in [0.5, 0.6) is 0 Å². The maximum atomic E-state index is 14.4. The van der Waals surface area contributed by atoms with Gasteiger partial charge in [0.25, 0.3) is 0 Å². The molecule has 33 heavy (non-hydrogen) atoms. The van der Waals surface area contributed by atoms with Gasteiger partial charge in [-0.1, -0.05) is 56.2 Å². The molecule has 1 aromatic carbocycles. The molecule has 2 aromatic rings. The fraction of sp³-hybridized carbons (Fsp3) is 0.533. The molecule has 176 valence electrons. The van der Waals surface area contributed by atoms with Gasteiger partial charge in [0.05, 0.1) is 17.2 Å². The van der Waals surface area contributed by atoms with Gasteiger partial charge in [-0.15, -0.1) is 6.58 Å². The van der Waals surface area contributed by atoms with Gasteiger partial charge in [0.2, 0.25) is 0 Å². The lowest BCUT2D eigenvalue weighted by molar-refractivity contribution is 0.158. The summed E-state index contributed by atoms with van der Waals surface area (Å²) in [5, 5.41) is 9.80. The summed E-state index contributed by atoms with van der Waals surface area (Å²) in [7, 11) is 0. The second-order valence-electron chi connectivity index (χ2n) is 9.82. The number of nitrogens with zero attached hydrogens (tertiary/aromatic N) is 2. The number of allylic oxidation sites excluding steroid dienone is 1. The van der Waals surface area contributed by atoms with E-state index in [-0.39, 0.29) is 0 Å². The molecular weight excluding hydrogens is 407 g/mol. The third-order valence-corrected chi connectivity index (χ3v) is 7.29. The maximum Gasteiger partial charge on any atom is 0.102 e. The number of aromatic nitrogens is 1. The van der Waals surface area contributed by atoms with Gasteiger partial charge < -0.3 is 0 Å². The molecule has 3 rings (SSSR count). The van der Waals surface area contributed by atoms with Crippen molar-refractivity contribution in [3.05, 3.63) is 66.4 Å². The summed E-state index contributed by atoms with van der Waals surface area (Å²) in [6.07, 6.45) is 14.1. The van der Waals surface area contributed by atoms with Crippen molar-refractivity contribution in [1.29, 1.82) is 5.26 Å². The van der Waals surface area contributed by atoms with Crippen LogP contribution in [0, 0.1) is 16.7 Å². The van der Waals surface area contributed by atoms with Crippen LogP contribution in [0.1, 0.15) is 94.6 Å². The molecule has 1 aromatic heterocycles. The SMILES string of the molecule is C=CCCCCc1ccc(-c2ccc(C3CCC(C#N)(C[C@@H](F)CCCC)CC3)cc2)nc1. The number of unbranched alkanes of at least 4 members (excludes halogenated alkanes) is 3. The minimum atomic E-state index is -0.841. The Bertz CT molecular complexity index is 886. The second kappa shape index (κ2) is 12.7. The topological polar surface area (TPSA) is 36.7 Å². The molecule has 0 radical (unpaired) electrons. The maximum absolute atomic E-state index is 14.4. The summed E-state index contributed by atoms with van der Waals surface area (Å²) in [5.74, 6) is 0.458. The van der Waals surface area contributed by atoms with Gasteiger partial charge in [0.1, 0.15) is 6.17 Å². The Hall–Kier alpha value is -2.47. The van der Waals surface area contributed by atoms with Crippen molar-refractivity contribution in [2.24, 2.45) is 5.41 Å². The fourth-order valence-corrected chi connectivity index (χ4v) is 5.10. The number of alkyl halides is 1. The van der Waals surface area contributed by atoms with Crippen LogP contribution in [-0.4, -0.2) is 11.2 Å². The highest BCUT2D eigenvalue weighted by Gasteiger charge is 2.37. The highest BCUT2D eigenvalue weighted by atomic mass is 19.1. The van der Waals surface area contributed by atoms with Crippen molar-refractivity contribution in [2.75, 3.05) is 0 Å². The lowest BCUT2D eigenvalue weighted by Gasteiger charge is -2.36. The van der Waals surface area contributed by atoms with E-state index in [1.807, 2.05) is 12.3 Å². The van der Waals surface area contributed by atoms with Crippen LogP contribution in [0.4, 0.5) is 4.39 Å². The van der Waals surface area contributed by atoms with Gasteiger partial charge in [0, 0.05) is 11.8 Å². The highest BCUT2D eigenvalue weighted by molar-refractivity contribution is 5.59. The van der Waals surface area contributed by atoms with Crippen LogP contribution < -0.4 is 0 Å². The molecule has 1 saturated carbocycles. The fourth-order valence-electron chi connectivity index (χ4n) is 5.10. The number of rotatable bonds is 12. The summed E-state index contributed by atoms with van der Waals surface area (Å²) >= 11 is 0. The van der Waals surface area contributed by atoms with Gasteiger partial charge in [-0.25, -0.2) is 4.39 Å². The smallest absolute Gasteiger partial charge is 0.102 e. The summed E-state index contributed by atoms with van der Waals surface area (Å²) in [4.78, 5) is 4.68. The second-order valence-corrected chi connectivity index (χ2v) is 9.82. The van der Waals surface area contributed by atoms with E-state index in [0.717, 1.165) is 62.6 Å². The van der Waals surface area contributed by atoms with Crippen LogP contribution in [0.3, 0.4) is 0 Å². The van der Waals surface area contributed by atoms with Crippen LogP contribution >= 0.6 is 0 Å². The van der Waals surface area contributed by atoms with Crippen molar-refractivity contribution in [3.8, 4) is 17.3 Å². The number of benzene rings is 1. The molecule has 0 spiro atoms. The average molecular weight is 447 g/mol. The van der Waals surface area contributed by atoms with Crippen LogP contribution in [0.25, 0.3) is 11.3 Å². The van der Waals surface area contributed by atoms with E-state index < -0.39 is 11.6 Å². The lowest BCUT2D eigenvalue weighted by atomic mass is 9.67. The lowest BCUT2D eigenvalue weighted by Crippen LogP contribution is -2.28. The monoisotopic (exact) mass is 446 g/mol. The van der Waals surface area contributed by atoms with Crippen molar-refractivity contribution in [1.82, 2.24) is 4.98 Å². The van der Waals surface area contributed by atoms with Gasteiger partial charge in [-0.05, 0) is 87.3 Å². The first-order valence-electron chi connectivity index (χ1n) is 12.8. The van der Waals surface area contributed by atoms with E-state index in [1.165, 1.54) is 24.0 Å². The average Bonchev–Trinajstić information content (AvgIpc) is 2.86. The molecule has 2 nitrogen and oxygen atoms in total. The first-order chi connectivity index (χ1) is 16.1. The van der Waals surface area contributed by atoms with Crippen molar-refractivity contribution >= 4 is 0 Å². The molecule has 3 heteroatoms. The molecule has 0 saturated heterocycles. The first kappa shape index (κ1) is 25.2. The molecule has 0 aliphatic heterocycles. The first-order valence-corrected chi connectivity index (χ1v) is 12.8. The quantitative estimate of drug-likeness (QED) is 0.241. The van der Waals surface area contributed by atoms with E-state index in [4.69, 9.17) is 0 Å². The summed E-state index contributed by atoms with van der Waals surface area (Å²) < 4.78 is 14.4. The van der Waals surface area contributed by atoms with Crippen LogP contribution in [-0.2, 0) is 6.42 Å². The number of aryl methyl sites for hydroxylation is 1. The zero-order valence-corrected chi connectivity index (χ0v) is 20.2. The van der Waals surface area contributed by atoms with E-state index in [0.29, 0.717) is 18.8 Å². The van der Waals surface area contributed by atoms with E-state index >= 15 is 0 Å². The number of pyridine rings is 1. The van der Waals surface area contributed by atoms with Crippen molar-refractivity contribution < 1.29 is 4.39 Å². The Labute approximate surface area is 200 Å². The molecule has 0 amide bonds. The Morgan fingerprint density at radius 2 is 1.91 bits per heavy atom. The third-order valence-electron chi connectivity index (χ3n) is 7.29. The molecule has 0 N–H and O–H groups in total. The van der Waals surface area contributed by atoms with Crippen LogP contribution in [0.15, 0.2) is 55.3 Å². The highest BCUT2D eigenvalue weighted by Crippen LogP contribution is 2.46. The minimum Gasteiger partial charge on any atom is -0.256 e. The number of hydrogen-bond donors (Lipinski definition) is 0. The molecule has 1 heterocycles. The Kier molecular flexibility index (Phi) is 9.67.